The molecule has 1 unspecified atom stereocenters. The number of amides is 1. The smallest absolute Gasteiger partial charge is 0.259 e. The van der Waals surface area contributed by atoms with Crippen LogP contribution in [0.15, 0.2) is 53.5 Å². The Morgan fingerprint density at radius 3 is 2.61 bits per heavy atom. The third-order valence-electron chi connectivity index (χ3n) is 5.20. The first-order chi connectivity index (χ1) is 13.3. The number of rotatable bonds is 2. The van der Waals surface area contributed by atoms with E-state index < -0.39 is 11.3 Å². The first kappa shape index (κ1) is 18.2. The molecule has 4 rings (SSSR count). The average Bonchev–Trinajstić information content (AvgIpc) is 2.83. The Bertz CT molecular complexity index is 1020. The maximum absolute atomic E-state index is 13.3. The van der Waals surface area contributed by atoms with Gasteiger partial charge in [-0.2, -0.15) is 5.26 Å². The molecule has 0 radical (unpaired) electrons. The first-order valence-corrected chi connectivity index (χ1v) is 9.27. The van der Waals surface area contributed by atoms with Crippen LogP contribution in [0.4, 0.5) is 0 Å². The summed E-state index contributed by atoms with van der Waals surface area (Å²) < 4.78 is 5.70. The van der Waals surface area contributed by atoms with Gasteiger partial charge in [0.1, 0.15) is 5.54 Å². The summed E-state index contributed by atoms with van der Waals surface area (Å²) in [6, 6.07) is 17.5. The summed E-state index contributed by atoms with van der Waals surface area (Å²) in [5.41, 5.74) is 1.77. The molecule has 142 valence electrons. The van der Waals surface area contributed by atoms with E-state index in [1.165, 1.54) is 0 Å². The van der Waals surface area contributed by atoms with Crippen LogP contribution in [-0.2, 0) is 15.1 Å². The monoisotopic (exact) mass is 374 g/mol. The fourth-order valence-corrected chi connectivity index (χ4v) is 3.65. The van der Waals surface area contributed by atoms with E-state index >= 15 is 0 Å². The van der Waals surface area contributed by atoms with Gasteiger partial charge < -0.3 is 10.1 Å². The Balaban J connectivity index is 1.74. The zero-order valence-corrected chi connectivity index (χ0v) is 16.2. The van der Waals surface area contributed by atoms with Gasteiger partial charge in [0.15, 0.2) is 5.72 Å². The molecule has 0 bridgehead atoms. The SMILES string of the molecule is CC1(C)N=C2NC(C)(c3cccc(-c4cccc(C#N)c4)c3)C(=O)N2CCO1. The Morgan fingerprint density at radius 1 is 1.14 bits per heavy atom. The third kappa shape index (κ3) is 3.04. The van der Waals surface area contributed by atoms with Crippen molar-refractivity contribution in [2.24, 2.45) is 4.99 Å². The van der Waals surface area contributed by atoms with Crippen LogP contribution in [0.3, 0.4) is 0 Å². The predicted molar refractivity (Wildman–Crippen MR) is 106 cm³/mol. The van der Waals surface area contributed by atoms with Crippen LogP contribution >= 0.6 is 0 Å². The number of fused-ring (bicyclic) bond motifs is 1. The van der Waals surface area contributed by atoms with E-state index in [0.717, 1.165) is 16.7 Å². The lowest BCUT2D eigenvalue weighted by atomic mass is 9.89. The number of hydrogen-bond donors (Lipinski definition) is 1. The van der Waals surface area contributed by atoms with E-state index in [0.29, 0.717) is 24.7 Å². The molecule has 2 aliphatic rings. The molecule has 1 N–H and O–H groups in total. The number of ether oxygens (including phenoxy) is 1. The lowest BCUT2D eigenvalue weighted by Gasteiger charge is -2.24. The number of carbonyl (C=O) groups is 1. The molecular formula is C22H22N4O2. The summed E-state index contributed by atoms with van der Waals surface area (Å²) in [6.07, 6.45) is 0. The van der Waals surface area contributed by atoms with Gasteiger partial charge in [-0.25, -0.2) is 4.99 Å². The molecular weight excluding hydrogens is 352 g/mol. The predicted octanol–water partition coefficient (Wildman–Crippen LogP) is 2.99. The molecule has 0 aromatic heterocycles. The first-order valence-electron chi connectivity index (χ1n) is 9.27. The van der Waals surface area contributed by atoms with Crippen molar-refractivity contribution >= 4 is 11.9 Å². The van der Waals surface area contributed by atoms with Gasteiger partial charge in [-0.15, -0.1) is 0 Å². The number of hydrogen-bond acceptors (Lipinski definition) is 5. The highest BCUT2D eigenvalue weighted by atomic mass is 16.5. The second-order valence-corrected chi connectivity index (χ2v) is 7.71. The maximum Gasteiger partial charge on any atom is 0.259 e. The van der Waals surface area contributed by atoms with Crippen molar-refractivity contribution in [3.05, 3.63) is 59.7 Å². The van der Waals surface area contributed by atoms with Crippen LogP contribution in [0.2, 0.25) is 0 Å². The molecule has 0 aliphatic carbocycles. The van der Waals surface area contributed by atoms with E-state index in [4.69, 9.17) is 10.00 Å². The minimum absolute atomic E-state index is 0.0459. The zero-order chi connectivity index (χ0) is 19.9. The molecule has 1 fully saturated rings. The summed E-state index contributed by atoms with van der Waals surface area (Å²) in [4.78, 5) is 19.5. The van der Waals surface area contributed by atoms with Gasteiger partial charge in [-0.05, 0) is 55.7 Å². The molecule has 1 amide bonds. The second-order valence-electron chi connectivity index (χ2n) is 7.71. The normalized spacial score (nSPS) is 23.3. The number of nitrogens with zero attached hydrogens (tertiary/aromatic N) is 3. The molecule has 0 spiro atoms. The Kier molecular flexibility index (Phi) is 4.20. The Labute approximate surface area is 164 Å². The minimum Gasteiger partial charge on any atom is -0.352 e. The molecule has 2 heterocycles. The van der Waals surface area contributed by atoms with Crippen LogP contribution in [-0.4, -0.2) is 35.6 Å². The summed E-state index contributed by atoms with van der Waals surface area (Å²) in [7, 11) is 0. The second kappa shape index (κ2) is 6.47. The molecule has 6 heteroatoms. The molecule has 28 heavy (non-hydrogen) atoms. The fourth-order valence-electron chi connectivity index (χ4n) is 3.65. The molecule has 2 aromatic rings. The standard InChI is InChI=1S/C22H22N4O2/c1-21(2)24-20-25-22(3,19(27)26(20)10-11-28-21)18-9-5-8-17(13-18)16-7-4-6-15(12-16)14-23/h4-9,12-13H,10-11H2,1-3H3,(H,24,25). The molecule has 2 aromatic carbocycles. The van der Waals surface area contributed by atoms with Crippen LogP contribution < -0.4 is 5.32 Å². The van der Waals surface area contributed by atoms with Crippen molar-refractivity contribution in [1.82, 2.24) is 10.2 Å². The van der Waals surface area contributed by atoms with E-state index in [1.54, 1.807) is 11.0 Å². The van der Waals surface area contributed by atoms with E-state index in [2.05, 4.69) is 16.4 Å². The van der Waals surface area contributed by atoms with Gasteiger partial charge in [-0.1, -0.05) is 30.3 Å². The lowest BCUT2D eigenvalue weighted by Crippen LogP contribution is -2.42. The third-order valence-corrected chi connectivity index (χ3v) is 5.20. The fraction of sp³-hybridized carbons (Fsp3) is 0.318. The molecule has 0 saturated carbocycles. The van der Waals surface area contributed by atoms with Crippen molar-refractivity contribution in [2.75, 3.05) is 13.2 Å². The minimum atomic E-state index is -0.908. The summed E-state index contributed by atoms with van der Waals surface area (Å²) in [5.74, 6) is 0.502. The largest absolute Gasteiger partial charge is 0.352 e. The van der Waals surface area contributed by atoms with Crippen LogP contribution in [0.1, 0.15) is 31.9 Å². The number of aliphatic imine (C=N–C) groups is 1. The average molecular weight is 374 g/mol. The van der Waals surface area contributed by atoms with Crippen molar-refractivity contribution < 1.29 is 9.53 Å². The number of nitriles is 1. The Morgan fingerprint density at radius 2 is 1.86 bits per heavy atom. The number of nitrogens with one attached hydrogen (secondary N) is 1. The van der Waals surface area contributed by atoms with Gasteiger partial charge in [-0.3, -0.25) is 9.69 Å². The van der Waals surface area contributed by atoms with E-state index in [9.17, 15) is 4.79 Å². The van der Waals surface area contributed by atoms with Crippen LogP contribution in [0, 0.1) is 11.3 Å². The van der Waals surface area contributed by atoms with E-state index in [1.807, 2.05) is 63.2 Å². The molecule has 1 saturated heterocycles. The zero-order valence-electron chi connectivity index (χ0n) is 16.2. The summed E-state index contributed by atoms with van der Waals surface area (Å²) in [5, 5.41) is 12.5. The number of guanidine groups is 1. The topological polar surface area (TPSA) is 77.7 Å². The van der Waals surface area contributed by atoms with Gasteiger partial charge in [0.25, 0.3) is 5.91 Å². The highest BCUT2D eigenvalue weighted by Gasteiger charge is 2.49. The van der Waals surface area contributed by atoms with Gasteiger partial charge in [0, 0.05) is 0 Å². The summed E-state index contributed by atoms with van der Waals surface area (Å²) in [6.45, 7) is 6.55. The number of benzene rings is 2. The van der Waals surface area contributed by atoms with Gasteiger partial charge >= 0.3 is 0 Å². The quantitative estimate of drug-likeness (QED) is 0.877. The molecule has 6 nitrogen and oxygen atoms in total. The van der Waals surface area contributed by atoms with Gasteiger partial charge in [0.2, 0.25) is 5.96 Å². The Hall–Kier alpha value is -3.17. The van der Waals surface area contributed by atoms with Crippen LogP contribution in [0.5, 0.6) is 0 Å². The van der Waals surface area contributed by atoms with Crippen molar-refractivity contribution in [1.29, 1.82) is 5.26 Å². The number of carbonyl (C=O) groups excluding carboxylic acids is 1. The highest BCUT2D eigenvalue weighted by molar-refractivity contribution is 6.09. The van der Waals surface area contributed by atoms with Crippen LogP contribution in [0.25, 0.3) is 11.1 Å². The molecule has 2 aliphatic heterocycles. The van der Waals surface area contributed by atoms with Gasteiger partial charge in [0.05, 0.1) is 24.8 Å². The summed E-state index contributed by atoms with van der Waals surface area (Å²) >= 11 is 0. The van der Waals surface area contributed by atoms with Crippen molar-refractivity contribution in [3.8, 4) is 17.2 Å². The van der Waals surface area contributed by atoms with Crippen molar-refractivity contribution in [3.63, 3.8) is 0 Å². The van der Waals surface area contributed by atoms with E-state index in [-0.39, 0.29) is 5.91 Å². The lowest BCUT2D eigenvalue weighted by molar-refractivity contribution is -0.131. The maximum atomic E-state index is 13.3. The van der Waals surface area contributed by atoms with Crippen molar-refractivity contribution in [2.45, 2.75) is 32.0 Å². The highest BCUT2D eigenvalue weighted by Crippen LogP contribution is 2.33. The molecule has 1 atom stereocenters.